The second kappa shape index (κ2) is 7.77. The van der Waals surface area contributed by atoms with Crippen molar-refractivity contribution < 1.29 is 14.0 Å². The van der Waals surface area contributed by atoms with Crippen molar-refractivity contribution in [3.63, 3.8) is 0 Å². The van der Waals surface area contributed by atoms with E-state index in [9.17, 15) is 9.59 Å². The lowest BCUT2D eigenvalue weighted by molar-refractivity contribution is -0.124. The number of rotatable bonds is 7. The van der Waals surface area contributed by atoms with E-state index in [1.54, 1.807) is 12.1 Å². The van der Waals surface area contributed by atoms with Gasteiger partial charge in [-0.3, -0.25) is 9.59 Å². The molecule has 1 atom stereocenters. The molecule has 26 heavy (non-hydrogen) atoms. The number of benzene rings is 1. The topological polar surface area (TPSA) is 71.3 Å². The lowest BCUT2D eigenvalue weighted by Crippen LogP contribution is -2.53. The van der Waals surface area contributed by atoms with Gasteiger partial charge in [0.1, 0.15) is 6.04 Å². The van der Waals surface area contributed by atoms with Crippen LogP contribution in [0.1, 0.15) is 49.2 Å². The van der Waals surface area contributed by atoms with Gasteiger partial charge in [0.2, 0.25) is 5.91 Å². The second-order valence-corrected chi connectivity index (χ2v) is 7.39. The van der Waals surface area contributed by atoms with E-state index >= 15 is 0 Å². The number of carbonyl (C=O) groups is 2. The fourth-order valence-electron chi connectivity index (χ4n) is 3.48. The van der Waals surface area contributed by atoms with Gasteiger partial charge in [-0.15, -0.1) is 0 Å². The van der Waals surface area contributed by atoms with Crippen LogP contribution in [0.5, 0.6) is 0 Å². The molecule has 1 aromatic heterocycles. The molecule has 1 aliphatic carbocycles. The monoisotopic (exact) mass is 354 g/mol. The standard InChI is InChI=1S/C21H26N2O3/c1-15(2)18(23-19(24)17-10-6-13-26-17)20(25)22-14-21(11-7-12-21)16-8-4-3-5-9-16/h3-6,8-10,13,15,18H,7,11-12,14H2,1-2H3,(H,22,25)(H,23,24). The number of hydrogen-bond acceptors (Lipinski definition) is 3. The zero-order valence-electron chi connectivity index (χ0n) is 15.3. The van der Waals surface area contributed by atoms with Crippen LogP contribution in [0.2, 0.25) is 0 Å². The highest BCUT2D eigenvalue weighted by molar-refractivity contribution is 5.95. The first-order chi connectivity index (χ1) is 12.5. The average Bonchev–Trinajstić information content (AvgIpc) is 3.13. The highest BCUT2D eigenvalue weighted by Crippen LogP contribution is 2.43. The van der Waals surface area contributed by atoms with E-state index in [0.717, 1.165) is 12.8 Å². The summed E-state index contributed by atoms with van der Waals surface area (Å²) < 4.78 is 5.11. The maximum atomic E-state index is 12.8. The fourth-order valence-corrected chi connectivity index (χ4v) is 3.48. The van der Waals surface area contributed by atoms with Gasteiger partial charge in [-0.1, -0.05) is 50.6 Å². The molecule has 2 amide bonds. The van der Waals surface area contributed by atoms with E-state index < -0.39 is 6.04 Å². The second-order valence-electron chi connectivity index (χ2n) is 7.39. The lowest BCUT2D eigenvalue weighted by atomic mass is 9.64. The predicted octanol–water partition coefficient (Wildman–Crippen LogP) is 3.27. The molecule has 138 valence electrons. The van der Waals surface area contributed by atoms with Gasteiger partial charge in [0.05, 0.1) is 6.26 Å². The van der Waals surface area contributed by atoms with Gasteiger partial charge in [0, 0.05) is 12.0 Å². The Bertz CT molecular complexity index is 734. The summed E-state index contributed by atoms with van der Waals surface area (Å²) in [5, 5.41) is 5.86. The molecule has 1 aromatic carbocycles. The average molecular weight is 354 g/mol. The molecule has 1 saturated carbocycles. The van der Waals surface area contributed by atoms with E-state index in [1.807, 2.05) is 32.0 Å². The number of nitrogens with one attached hydrogen (secondary N) is 2. The van der Waals surface area contributed by atoms with Crippen LogP contribution < -0.4 is 10.6 Å². The van der Waals surface area contributed by atoms with Gasteiger partial charge in [-0.2, -0.15) is 0 Å². The summed E-state index contributed by atoms with van der Waals surface area (Å²) in [6.45, 7) is 4.43. The Kier molecular flexibility index (Phi) is 5.45. The Morgan fingerprint density at radius 1 is 1.12 bits per heavy atom. The van der Waals surface area contributed by atoms with Crippen LogP contribution in [-0.4, -0.2) is 24.4 Å². The molecule has 0 saturated heterocycles. The van der Waals surface area contributed by atoms with Gasteiger partial charge < -0.3 is 15.1 Å². The van der Waals surface area contributed by atoms with Crippen molar-refractivity contribution in [2.75, 3.05) is 6.54 Å². The van der Waals surface area contributed by atoms with Crippen molar-refractivity contribution in [2.45, 2.75) is 44.6 Å². The fraction of sp³-hybridized carbons (Fsp3) is 0.429. The maximum Gasteiger partial charge on any atom is 0.287 e. The molecular formula is C21H26N2O3. The molecule has 2 N–H and O–H groups in total. The van der Waals surface area contributed by atoms with Gasteiger partial charge >= 0.3 is 0 Å². The van der Waals surface area contributed by atoms with Crippen LogP contribution in [0.25, 0.3) is 0 Å². The summed E-state index contributed by atoms with van der Waals surface area (Å²) in [4.78, 5) is 25.0. The summed E-state index contributed by atoms with van der Waals surface area (Å²) in [6.07, 6.45) is 4.76. The molecule has 5 nitrogen and oxygen atoms in total. The largest absolute Gasteiger partial charge is 0.459 e. The van der Waals surface area contributed by atoms with Crippen molar-refractivity contribution in [1.29, 1.82) is 0 Å². The van der Waals surface area contributed by atoms with Crippen LogP contribution in [0.3, 0.4) is 0 Å². The summed E-state index contributed by atoms with van der Waals surface area (Å²) in [7, 11) is 0. The van der Waals surface area contributed by atoms with Gasteiger partial charge in [0.25, 0.3) is 5.91 Å². The molecule has 0 bridgehead atoms. The zero-order chi connectivity index (χ0) is 18.6. The molecule has 5 heteroatoms. The quantitative estimate of drug-likeness (QED) is 0.802. The van der Waals surface area contributed by atoms with Crippen molar-refractivity contribution in [1.82, 2.24) is 10.6 Å². The molecule has 0 aliphatic heterocycles. The SMILES string of the molecule is CC(C)C(NC(=O)c1ccco1)C(=O)NCC1(c2ccccc2)CCC1. The minimum Gasteiger partial charge on any atom is -0.459 e. The predicted molar refractivity (Wildman–Crippen MR) is 99.8 cm³/mol. The van der Waals surface area contributed by atoms with E-state index in [2.05, 4.69) is 22.8 Å². The van der Waals surface area contributed by atoms with Gasteiger partial charge in [0.15, 0.2) is 5.76 Å². The molecule has 1 fully saturated rings. The molecule has 3 rings (SSSR count). The summed E-state index contributed by atoms with van der Waals surface area (Å²) in [5.74, 6) is -0.335. The zero-order valence-corrected chi connectivity index (χ0v) is 15.3. The van der Waals surface area contributed by atoms with Crippen molar-refractivity contribution in [2.24, 2.45) is 5.92 Å². The van der Waals surface area contributed by atoms with Crippen LogP contribution in [0, 0.1) is 5.92 Å². The van der Waals surface area contributed by atoms with Crippen LogP contribution in [0.15, 0.2) is 53.1 Å². The maximum absolute atomic E-state index is 12.8. The van der Waals surface area contributed by atoms with Crippen molar-refractivity contribution >= 4 is 11.8 Å². The minimum atomic E-state index is -0.597. The molecule has 1 heterocycles. The number of amides is 2. The van der Waals surface area contributed by atoms with Crippen molar-refractivity contribution in [3.8, 4) is 0 Å². The molecule has 1 aliphatic rings. The van der Waals surface area contributed by atoms with E-state index in [4.69, 9.17) is 4.42 Å². The summed E-state index contributed by atoms with van der Waals surface area (Å²) >= 11 is 0. The smallest absolute Gasteiger partial charge is 0.287 e. The van der Waals surface area contributed by atoms with Gasteiger partial charge in [-0.05, 0) is 36.5 Å². The molecule has 0 spiro atoms. The van der Waals surface area contributed by atoms with Crippen LogP contribution >= 0.6 is 0 Å². The molecule has 1 unspecified atom stereocenters. The first kappa shape index (κ1) is 18.2. The first-order valence-electron chi connectivity index (χ1n) is 9.19. The third kappa shape index (κ3) is 3.82. The number of carbonyl (C=O) groups excluding carboxylic acids is 2. The summed E-state index contributed by atoms with van der Waals surface area (Å²) in [5.41, 5.74) is 1.29. The Morgan fingerprint density at radius 2 is 1.85 bits per heavy atom. The highest BCUT2D eigenvalue weighted by Gasteiger charge is 2.39. The third-order valence-electron chi connectivity index (χ3n) is 5.28. The number of furan rings is 1. The van der Waals surface area contributed by atoms with Gasteiger partial charge in [-0.25, -0.2) is 0 Å². The Balaban J connectivity index is 1.64. The van der Waals surface area contributed by atoms with E-state index in [1.165, 1.54) is 18.2 Å². The summed E-state index contributed by atoms with van der Waals surface area (Å²) in [6, 6.07) is 13.0. The molecule has 2 aromatic rings. The molecular weight excluding hydrogens is 328 g/mol. The Morgan fingerprint density at radius 3 is 2.38 bits per heavy atom. The van der Waals surface area contributed by atoms with Crippen molar-refractivity contribution in [3.05, 3.63) is 60.1 Å². The third-order valence-corrected chi connectivity index (χ3v) is 5.28. The molecule has 0 radical (unpaired) electrons. The number of hydrogen-bond donors (Lipinski definition) is 2. The lowest BCUT2D eigenvalue weighted by Gasteiger charge is -2.43. The Labute approximate surface area is 154 Å². The first-order valence-corrected chi connectivity index (χ1v) is 9.19. The minimum absolute atomic E-state index is 0.0173. The Hall–Kier alpha value is -2.56. The van der Waals surface area contributed by atoms with E-state index in [-0.39, 0.29) is 28.9 Å². The highest BCUT2D eigenvalue weighted by atomic mass is 16.3. The van der Waals surface area contributed by atoms with Crippen LogP contribution in [-0.2, 0) is 10.2 Å². The van der Waals surface area contributed by atoms with Crippen LogP contribution in [0.4, 0.5) is 0 Å². The normalized spacial score (nSPS) is 16.6. The van der Waals surface area contributed by atoms with E-state index in [0.29, 0.717) is 6.54 Å².